The maximum Gasteiger partial charge on any atom is 0.307 e. The number of hydrogen-bond donors (Lipinski definition) is 3. The first-order valence-electron chi connectivity index (χ1n) is 7.36. The van der Waals surface area contributed by atoms with Crippen LogP contribution >= 0.6 is 0 Å². The highest BCUT2D eigenvalue weighted by Gasteiger charge is 2.19. The van der Waals surface area contributed by atoms with Crippen LogP contribution in [0.3, 0.4) is 0 Å². The zero-order chi connectivity index (χ0) is 17.4. The van der Waals surface area contributed by atoms with Crippen LogP contribution in [0, 0.1) is 12.7 Å². The molecule has 0 saturated carbocycles. The van der Waals surface area contributed by atoms with E-state index >= 15 is 0 Å². The van der Waals surface area contributed by atoms with E-state index in [1.165, 1.54) is 12.1 Å². The minimum atomic E-state index is -0.995. The molecule has 3 N–H and O–H groups in total. The SMILES string of the molecule is Cc1c(CC(=O)O)c2cc(O)c(F)cc2n1Cc1ccc(O)cc1. The van der Waals surface area contributed by atoms with E-state index in [1.54, 1.807) is 31.2 Å². The summed E-state index contributed by atoms with van der Waals surface area (Å²) >= 11 is 0. The van der Waals surface area contributed by atoms with Crippen LogP contribution in [0.2, 0.25) is 0 Å². The summed E-state index contributed by atoms with van der Waals surface area (Å²) < 4.78 is 15.6. The van der Waals surface area contributed by atoms with Crippen molar-refractivity contribution >= 4 is 16.9 Å². The Labute approximate surface area is 137 Å². The maximum atomic E-state index is 13.8. The third-order valence-electron chi connectivity index (χ3n) is 4.13. The van der Waals surface area contributed by atoms with Gasteiger partial charge < -0.3 is 19.9 Å². The number of aromatic hydroxyl groups is 2. The predicted molar refractivity (Wildman–Crippen MR) is 86.8 cm³/mol. The van der Waals surface area contributed by atoms with Gasteiger partial charge in [0.2, 0.25) is 0 Å². The van der Waals surface area contributed by atoms with Gasteiger partial charge in [-0.25, -0.2) is 4.39 Å². The lowest BCUT2D eigenvalue weighted by atomic mass is 10.1. The average Bonchev–Trinajstić information content (AvgIpc) is 2.75. The molecule has 1 heterocycles. The molecule has 1 aromatic heterocycles. The molecular weight excluding hydrogens is 313 g/mol. The Morgan fingerprint density at radius 3 is 2.46 bits per heavy atom. The number of aliphatic carboxylic acids is 1. The van der Waals surface area contributed by atoms with Gasteiger partial charge in [0.05, 0.1) is 11.9 Å². The standard InChI is InChI=1S/C18H16FNO4/c1-10-13(7-18(23)24)14-6-17(22)15(19)8-16(14)20(10)9-11-2-4-12(21)5-3-11/h2-6,8,21-22H,7,9H2,1H3,(H,23,24). The number of benzene rings is 2. The summed E-state index contributed by atoms with van der Waals surface area (Å²) in [5.41, 5.74) is 2.65. The van der Waals surface area contributed by atoms with Crippen molar-refractivity contribution in [3.05, 3.63) is 59.0 Å². The molecule has 0 unspecified atom stereocenters. The number of phenols is 2. The first kappa shape index (κ1) is 15.9. The van der Waals surface area contributed by atoms with Gasteiger partial charge in [-0.05, 0) is 36.2 Å². The van der Waals surface area contributed by atoms with Gasteiger partial charge in [0, 0.05) is 23.7 Å². The van der Waals surface area contributed by atoms with Crippen molar-refractivity contribution in [2.24, 2.45) is 0 Å². The van der Waals surface area contributed by atoms with E-state index in [0.717, 1.165) is 5.56 Å². The fraction of sp³-hybridized carbons (Fsp3) is 0.167. The number of aromatic nitrogens is 1. The molecule has 0 fully saturated rings. The zero-order valence-electron chi connectivity index (χ0n) is 13.0. The van der Waals surface area contributed by atoms with Crippen LogP contribution in [0.5, 0.6) is 11.5 Å². The highest BCUT2D eigenvalue weighted by molar-refractivity contribution is 5.90. The molecule has 0 aliphatic rings. The number of nitrogens with zero attached hydrogens (tertiary/aromatic N) is 1. The normalized spacial score (nSPS) is 11.1. The Morgan fingerprint density at radius 2 is 1.83 bits per heavy atom. The minimum absolute atomic E-state index is 0.148. The van der Waals surface area contributed by atoms with Crippen LogP contribution in [0.25, 0.3) is 10.9 Å². The van der Waals surface area contributed by atoms with Gasteiger partial charge >= 0.3 is 5.97 Å². The summed E-state index contributed by atoms with van der Waals surface area (Å²) in [4.78, 5) is 11.1. The van der Waals surface area contributed by atoms with Crippen molar-refractivity contribution in [3.63, 3.8) is 0 Å². The largest absolute Gasteiger partial charge is 0.508 e. The predicted octanol–water partition coefficient (Wildman–Crippen LogP) is 3.18. The molecule has 6 heteroatoms. The molecule has 124 valence electrons. The zero-order valence-corrected chi connectivity index (χ0v) is 13.0. The van der Waals surface area contributed by atoms with Gasteiger partial charge in [0.15, 0.2) is 11.6 Å². The van der Waals surface area contributed by atoms with E-state index in [4.69, 9.17) is 5.11 Å². The number of carboxylic acids is 1. The summed E-state index contributed by atoms with van der Waals surface area (Å²) in [5.74, 6) is -2.11. The minimum Gasteiger partial charge on any atom is -0.508 e. The number of hydrogen-bond acceptors (Lipinski definition) is 3. The molecule has 24 heavy (non-hydrogen) atoms. The lowest BCUT2D eigenvalue weighted by Crippen LogP contribution is -2.05. The smallest absolute Gasteiger partial charge is 0.307 e. The fourth-order valence-electron chi connectivity index (χ4n) is 2.92. The second-order valence-corrected chi connectivity index (χ2v) is 5.71. The quantitative estimate of drug-likeness (QED) is 0.686. The number of carbonyl (C=O) groups is 1. The summed E-state index contributed by atoms with van der Waals surface area (Å²) in [6.45, 7) is 2.17. The van der Waals surface area contributed by atoms with E-state index < -0.39 is 17.5 Å². The Kier molecular flexibility index (Phi) is 3.89. The van der Waals surface area contributed by atoms with Crippen molar-refractivity contribution in [1.82, 2.24) is 4.57 Å². The van der Waals surface area contributed by atoms with Gasteiger partial charge in [-0.3, -0.25) is 4.79 Å². The second kappa shape index (κ2) is 5.88. The van der Waals surface area contributed by atoms with Crippen LogP contribution < -0.4 is 0 Å². The molecule has 3 rings (SSSR count). The average molecular weight is 329 g/mol. The Bertz CT molecular complexity index is 929. The monoisotopic (exact) mass is 329 g/mol. The van der Waals surface area contributed by atoms with Crippen molar-refractivity contribution in [1.29, 1.82) is 0 Å². The van der Waals surface area contributed by atoms with Crippen LogP contribution in [0.1, 0.15) is 16.8 Å². The summed E-state index contributed by atoms with van der Waals surface area (Å²) in [6, 6.07) is 9.08. The molecule has 5 nitrogen and oxygen atoms in total. The lowest BCUT2D eigenvalue weighted by Gasteiger charge is -2.09. The molecule has 0 bridgehead atoms. The number of phenolic OH excluding ortho intramolecular Hbond substituents is 2. The van der Waals surface area contributed by atoms with E-state index in [-0.39, 0.29) is 12.2 Å². The van der Waals surface area contributed by atoms with Crippen molar-refractivity contribution in [3.8, 4) is 11.5 Å². The van der Waals surface area contributed by atoms with Crippen LogP contribution in [0.15, 0.2) is 36.4 Å². The molecule has 2 aromatic carbocycles. The molecule has 0 amide bonds. The van der Waals surface area contributed by atoms with E-state index in [1.807, 2.05) is 4.57 Å². The molecular formula is C18H16FNO4. The van der Waals surface area contributed by atoms with Gasteiger partial charge in [-0.1, -0.05) is 12.1 Å². The molecule has 0 saturated heterocycles. The molecule has 0 radical (unpaired) electrons. The number of carboxylic acid groups (broad SMARTS) is 1. The van der Waals surface area contributed by atoms with Crippen LogP contribution in [-0.2, 0) is 17.8 Å². The summed E-state index contributed by atoms with van der Waals surface area (Å²) in [7, 11) is 0. The van der Waals surface area contributed by atoms with Gasteiger partial charge in [0.25, 0.3) is 0 Å². The van der Waals surface area contributed by atoms with Crippen molar-refractivity contribution in [2.45, 2.75) is 19.9 Å². The van der Waals surface area contributed by atoms with E-state index in [2.05, 4.69) is 0 Å². The molecule has 0 atom stereocenters. The lowest BCUT2D eigenvalue weighted by molar-refractivity contribution is -0.136. The van der Waals surface area contributed by atoms with Crippen molar-refractivity contribution < 1.29 is 24.5 Å². The fourth-order valence-corrected chi connectivity index (χ4v) is 2.92. The van der Waals surface area contributed by atoms with Gasteiger partial charge in [-0.2, -0.15) is 0 Å². The summed E-state index contributed by atoms with van der Waals surface area (Å²) in [5, 5.41) is 28.7. The first-order valence-corrected chi connectivity index (χ1v) is 7.36. The van der Waals surface area contributed by atoms with E-state index in [0.29, 0.717) is 28.7 Å². The Morgan fingerprint density at radius 1 is 1.17 bits per heavy atom. The molecule has 0 aliphatic heterocycles. The first-order chi connectivity index (χ1) is 11.4. The Balaban J connectivity index is 2.18. The number of halogens is 1. The maximum absolute atomic E-state index is 13.8. The third-order valence-corrected chi connectivity index (χ3v) is 4.13. The third kappa shape index (κ3) is 2.78. The second-order valence-electron chi connectivity index (χ2n) is 5.71. The van der Waals surface area contributed by atoms with Gasteiger partial charge in [-0.15, -0.1) is 0 Å². The van der Waals surface area contributed by atoms with Crippen molar-refractivity contribution in [2.75, 3.05) is 0 Å². The van der Waals surface area contributed by atoms with Crippen LogP contribution in [0.4, 0.5) is 4.39 Å². The van der Waals surface area contributed by atoms with Crippen LogP contribution in [-0.4, -0.2) is 25.9 Å². The topological polar surface area (TPSA) is 82.7 Å². The van der Waals surface area contributed by atoms with E-state index in [9.17, 15) is 19.4 Å². The molecule has 3 aromatic rings. The summed E-state index contributed by atoms with van der Waals surface area (Å²) in [6.07, 6.45) is -0.212. The Hall–Kier alpha value is -3.02. The molecule has 0 aliphatic carbocycles. The van der Waals surface area contributed by atoms with Gasteiger partial charge in [0.1, 0.15) is 5.75 Å². The number of rotatable bonds is 4. The highest BCUT2D eigenvalue weighted by Crippen LogP contribution is 2.32. The molecule has 0 spiro atoms. The highest BCUT2D eigenvalue weighted by atomic mass is 19.1. The number of fused-ring (bicyclic) bond motifs is 1.